The lowest BCUT2D eigenvalue weighted by atomic mass is 9.96. The topological polar surface area (TPSA) is 113 Å². The molecule has 1 aliphatic heterocycles. The second kappa shape index (κ2) is 6.21. The van der Waals surface area contributed by atoms with Crippen LogP contribution in [0.4, 0.5) is 0 Å². The molecule has 5 N–H and O–H groups in total. The monoisotopic (exact) mass is 284 g/mol. The van der Waals surface area contributed by atoms with Gasteiger partial charge in [0, 0.05) is 6.42 Å². The second-order valence-electron chi connectivity index (χ2n) is 3.67. The Morgan fingerprint density at radius 1 is 1.41 bits per heavy atom. The summed E-state index contributed by atoms with van der Waals surface area (Å²) in [5, 5.41) is 27.7. The zero-order valence-electron chi connectivity index (χ0n) is 9.06. The minimum Gasteiger partial charge on any atom is -0.388 e. The van der Waals surface area contributed by atoms with Crippen LogP contribution < -0.4 is 5.73 Å². The van der Waals surface area contributed by atoms with E-state index in [1.165, 1.54) is 18.2 Å². The van der Waals surface area contributed by atoms with Crippen LogP contribution in [0.1, 0.15) is 0 Å². The van der Waals surface area contributed by atoms with E-state index in [9.17, 15) is 20.1 Å². The zero-order chi connectivity index (χ0) is 13.2. The first-order valence-electron chi connectivity index (χ1n) is 4.89. The molecule has 1 rings (SSSR count). The van der Waals surface area contributed by atoms with E-state index >= 15 is 0 Å². The van der Waals surface area contributed by atoms with Gasteiger partial charge in [-0.3, -0.25) is 4.79 Å². The van der Waals surface area contributed by atoms with Crippen molar-refractivity contribution in [3.05, 3.63) is 6.42 Å². The van der Waals surface area contributed by atoms with E-state index in [0.717, 1.165) is 0 Å². The fraction of sp³-hybridized carbons (Fsp3) is 0.778. The van der Waals surface area contributed by atoms with E-state index in [0.29, 0.717) is 0 Å². The Morgan fingerprint density at radius 3 is 2.47 bits per heavy atom. The minimum atomic E-state index is -1.36. The Labute approximate surface area is 108 Å². The number of nitrogens with two attached hydrogens (primary N) is 1. The van der Waals surface area contributed by atoms with Crippen molar-refractivity contribution < 1.29 is 24.9 Å². The summed E-state index contributed by atoms with van der Waals surface area (Å²) in [5.74, 6) is -0.774. The lowest BCUT2D eigenvalue weighted by molar-refractivity contribution is -0.188. The van der Waals surface area contributed by atoms with Gasteiger partial charge in [-0.15, -0.1) is 23.4 Å². The molecule has 0 aromatic rings. The summed E-state index contributed by atoms with van der Waals surface area (Å²) in [6.07, 6.45) is -1.99. The molecule has 6 atom stereocenters. The maximum Gasteiger partial charge on any atom is 0.235 e. The van der Waals surface area contributed by atoms with Crippen molar-refractivity contribution >= 4 is 29.3 Å². The van der Waals surface area contributed by atoms with Crippen LogP contribution in [0.5, 0.6) is 0 Å². The molecule has 1 heterocycles. The average Bonchev–Trinajstić information content (AvgIpc) is 2.29. The summed E-state index contributed by atoms with van der Waals surface area (Å²) < 4.78 is 5.31. The lowest BCUT2D eigenvalue weighted by Gasteiger charge is -2.40. The van der Waals surface area contributed by atoms with Crippen LogP contribution >= 0.6 is 23.4 Å². The van der Waals surface area contributed by atoms with E-state index in [2.05, 4.69) is 0 Å². The predicted molar refractivity (Wildman–Crippen MR) is 63.3 cm³/mol. The molecule has 1 amide bonds. The smallest absolute Gasteiger partial charge is 0.235 e. The van der Waals surface area contributed by atoms with Crippen molar-refractivity contribution in [3.8, 4) is 0 Å². The lowest BCUT2D eigenvalue weighted by Crippen LogP contribution is -2.57. The molecule has 0 spiro atoms. The van der Waals surface area contributed by atoms with E-state index in [1.807, 2.05) is 0 Å². The Balaban J connectivity index is 2.68. The summed E-state index contributed by atoms with van der Waals surface area (Å²) in [4.78, 5) is 10.8. The van der Waals surface area contributed by atoms with Crippen molar-refractivity contribution in [1.82, 2.24) is 0 Å². The van der Waals surface area contributed by atoms with Gasteiger partial charge in [-0.05, 0) is 6.26 Å². The maximum atomic E-state index is 10.8. The summed E-state index contributed by atoms with van der Waals surface area (Å²) in [5.41, 5.74) is 4.27. The van der Waals surface area contributed by atoms with E-state index in [-0.39, 0.29) is 0 Å². The summed E-state index contributed by atoms with van der Waals surface area (Å²) in [6, 6.07) is 0. The number of aliphatic hydroxyl groups is 3. The highest BCUT2D eigenvalue weighted by Crippen LogP contribution is 2.29. The van der Waals surface area contributed by atoms with Gasteiger partial charge in [-0.25, -0.2) is 0 Å². The highest BCUT2D eigenvalue weighted by atomic mass is 35.5. The van der Waals surface area contributed by atoms with E-state index in [1.54, 1.807) is 6.26 Å². The molecule has 0 aromatic heterocycles. The predicted octanol–water partition coefficient (Wildman–Crippen LogP) is -1.55. The molecule has 0 aliphatic carbocycles. The van der Waals surface area contributed by atoms with Crippen LogP contribution in [0, 0.1) is 6.42 Å². The fourth-order valence-corrected chi connectivity index (χ4v) is 2.31. The molecule has 1 saturated heterocycles. The van der Waals surface area contributed by atoms with Gasteiger partial charge in [0.1, 0.15) is 29.1 Å². The van der Waals surface area contributed by atoms with Crippen molar-refractivity contribution in [1.29, 1.82) is 0 Å². The largest absolute Gasteiger partial charge is 0.388 e. The highest BCUT2D eigenvalue weighted by Gasteiger charge is 2.44. The number of amides is 1. The van der Waals surface area contributed by atoms with Crippen molar-refractivity contribution in [2.24, 2.45) is 5.73 Å². The molecule has 99 valence electrons. The molecule has 17 heavy (non-hydrogen) atoms. The molecule has 1 radical (unpaired) electrons. The van der Waals surface area contributed by atoms with Crippen molar-refractivity contribution in [3.63, 3.8) is 0 Å². The quantitative estimate of drug-likeness (QED) is 0.465. The molecule has 6 nitrogen and oxygen atoms in total. The molecular formula is C9H15ClNO5S. The number of halogens is 1. The number of thioether (sulfide) groups is 1. The van der Waals surface area contributed by atoms with Gasteiger partial charge >= 0.3 is 0 Å². The standard InChI is InChI=1S/C9H15ClNO5S/c1-17-9-7(14)6(13)5(12)4(16-9)2-3(10)8(11)15/h2-7,9,12-14H,1H3,(H2,11,15). The Bertz CT molecular complexity index is 280. The van der Waals surface area contributed by atoms with Gasteiger partial charge in [0.25, 0.3) is 0 Å². The molecule has 6 unspecified atom stereocenters. The third-order valence-corrected chi connectivity index (χ3v) is 3.68. The number of aliphatic hydroxyl groups excluding tert-OH is 3. The first-order valence-corrected chi connectivity index (χ1v) is 6.61. The van der Waals surface area contributed by atoms with E-state index in [4.69, 9.17) is 22.1 Å². The minimum absolute atomic E-state index is 0.702. The Morgan fingerprint density at radius 2 is 2.00 bits per heavy atom. The van der Waals surface area contributed by atoms with Crippen LogP contribution in [0.15, 0.2) is 0 Å². The number of carbonyl (C=O) groups excluding carboxylic acids is 1. The van der Waals surface area contributed by atoms with Gasteiger partial charge < -0.3 is 25.8 Å². The summed E-state index contributed by atoms with van der Waals surface area (Å²) in [6.45, 7) is 0. The maximum absolute atomic E-state index is 10.8. The summed E-state index contributed by atoms with van der Waals surface area (Å²) >= 11 is 6.79. The number of primary amides is 1. The fourth-order valence-electron chi connectivity index (χ4n) is 1.49. The second-order valence-corrected chi connectivity index (χ2v) is 5.08. The number of hydrogen-bond donors (Lipinski definition) is 4. The highest BCUT2D eigenvalue weighted by molar-refractivity contribution is 7.99. The van der Waals surface area contributed by atoms with Crippen LogP contribution in [-0.4, -0.2) is 62.7 Å². The van der Waals surface area contributed by atoms with E-state index < -0.39 is 41.1 Å². The molecule has 0 aromatic carbocycles. The van der Waals surface area contributed by atoms with Gasteiger partial charge in [-0.1, -0.05) is 0 Å². The molecule has 8 heteroatoms. The first-order chi connectivity index (χ1) is 7.88. The SMILES string of the molecule is CSC1OC([CH]C(Cl)C(N)=O)C(O)C(O)C1O. The number of ether oxygens (including phenoxy) is 1. The third-order valence-electron chi connectivity index (χ3n) is 2.47. The van der Waals surface area contributed by atoms with Crippen molar-refractivity contribution in [2.45, 2.75) is 35.2 Å². The van der Waals surface area contributed by atoms with Crippen LogP contribution in [-0.2, 0) is 9.53 Å². The molecule has 0 bridgehead atoms. The number of carbonyl (C=O) groups is 1. The van der Waals surface area contributed by atoms with Crippen LogP contribution in [0.25, 0.3) is 0 Å². The zero-order valence-corrected chi connectivity index (χ0v) is 10.6. The normalized spacial score (nSPS) is 39.9. The number of rotatable bonds is 4. The Hall–Kier alpha value is -0.0500. The van der Waals surface area contributed by atoms with Gasteiger partial charge in [-0.2, -0.15) is 0 Å². The van der Waals surface area contributed by atoms with Crippen LogP contribution in [0.3, 0.4) is 0 Å². The molecule has 1 fully saturated rings. The average molecular weight is 285 g/mol. The molecular weight excluding hydrogens is 270 g/mol. The first kappa shape index (κ1) is 15.0. The molecule has 1 aliphatic rings. The number of alkyl halides is 1. The number of hydrogen-bond acceptors (Lipinski definition) is 6. The van der Waals surface area contributed by atoms with Crippen molar-refractivity contribution in [2.75, 3.05) is 6.26 Å². The molecule has 0 saturated carbocycles. The third kappa shape index (κ3) is 3.46. The summed E-state index contributed by atoms with van der Waals surface area (Å²) in [7, 11) is 0. The van der Waals surface area contributed by atoms with Gasteiger partial charge in [0.05, 0.1) is 6.10 Å². The van der Waals surface area contributed by atoms with Gasteiger partial charge in [0.2, 0.25) is 5.91 Å². The van der Waals surface area contributed by atoms with Crippen LogP contribution in [0.2, 0.25) is 0 Å². The Kier molecular flexibility index (Phi) is 5.49. The van der Waals surface area contributed by atoms with Gasteiger partial charge in [0.15, 0.2) is 0 Å².